The molecule has 3 aromatic rings. The summed E-state index contributed by atoms with van der Waals surface area (Å²) < 4.78 is 36.2. The van der Waals surface area contributed by atoms with Gasteiger partial charge in [0.05, 0.1) is 11.4 Å². The molecular weight excluding hydrogens is 368 g/mol. The molecule has 1 aromatic heterocycles. The molecule has 0 saturated heterocycles. The number of benzene rings is 2. The van der Waals surface area contributed by atoms with Gasteiger partial charge in [-0.3, -0.25) is 4.79 Å². The average Bonchev–Trinajstić information content (AvgIpc) is 3.09. The first kappa shape index (κ1) is 18.9. The summed E-state index contributed by atoms with van der Waals surface area (Å²) in [5.74, 6) is 0.447. The number of nitrogens with one attached hydrogen (secondary N) is 1. The Morgan fingerprint density at radius 2 is 1.81 bits per heavy atom. The van der Waals surface area contributed by atoms with Gasteiger partial charge in [-0.05, 0) is 36.4 Å². The number of hydrogen-bond acceptors (Lipinski definition) is 5. The van der Waals surface area contributed by atoms with Crippen LogP contribution in [0.25, 0.3) is 11.0 Å². The van der Waals surface area contributed by atoms with Crippen molar-refractivity contribution in [2.24, 2.45) is 0 Å². The molecule has 1 heterocycles. The van der Waals surface area contributed by atoms with E-state index in [4.69, 9.17) is 9.15 Å². The summed E-state index contributed by atoms with van der Waals surface area (Å²) in [5, 5.41) is 3.59. The Hall–Kier alpha value is -2.84. The summed E-state index contributed by atoms with van der Waals surface area (Å²) in [6, 6.07) is 15.2. The van der Waals surface area contributed by atoms with E-state index in [2.05, 4.69) is 5.32 Å². The predicted molar refractivity (Wildman–Crippen MR) is 101 cm³/mol. The maximum atomic E-state index is 12.1. The monoisotopic (exact) mass is 388 g/mol. The van der Waals surface area contributed by atoms with Crippen molar-refractivity contribution >= 4 is 26.9 Å². The quantitative estimate of drug-likeness (QED) is 0.628. The lowest BCUT2D eigenvalue weighted by molar-refractivity contribution is 0.0921. The summed E-state index contributed by atoms with van der Waals surface area (Å²) in [7, 11) is -0.508. The number of nitrogens with zero attached hydrogens (tertiary/aromatic N) is 1. The van der Waals surface area contributed by atoms with Crippen LogP contribution in [0.3, 0.4) is 0 Å². The van der Waals surface area contributed by atoms with Gasteiger partial charge in [0, 0.05) is 19.5 Å². The van der Waals surface area contributed by atoms with Gasteiger partial charge in [0.1, 0.15) is 17.9 Å². The third-order valence-electron chi connectivity index (χ3n) is 3.91. The van der Waals surface area contributed by atoms with Crippen LogP contribution >= 0.6 is 0 Å². The van der Waals surface area contributed by atoms with Crippen molar-refractivity contribution in [3.63, 3.8) is 0 Å². The largest absolute Gasteiger partial charge is 0.492 e. The summed E-state index contributed by atoms with van der Waals surface area (Å²) in [6.45, 7) is 0.527. The number of sulfonamides is 1. The van der Waals surface area contributed by atoms with Gasteiger partial charge in [-0.15, -0.1) is 0 Å². The Labute approximate surface area is 157 Å². The topological polar surface area (TPSA) is 88.9 Å². The van der Waals surface area contributed by atoms with Crippen LogP contribution in [-0.2, 0) is 10.0 Å². The maximum Gasteiger partial charge on any atom is 0.287 e. The molecule has 0 aliphatic carbocycles. The molecule has 7 nitrogen and oxygen atoms in total. The van der Waals surface area contributed by atoms with Crippen LogP contribution in [0.5, 0.6) is 5.75 Å². The number of para-hydroxylation sites is 1. The number of carbonyl (C=O) groups excluding carboxylic acids is 1. The van der Waals surface area contributed by atoms with E-state index >= 15 is 0 Å². The van der Waals surface area contributed by atoms with Crippen molar-refractivity contribution in [2.75, 3.05) is 27.2 Å². The summed E-state index contributed by atoms with van der Waals surface area (Å²) in [6.07, 6.45) is 0. The zero-order valence-electron chi connectivity index (χ0n) is 15.0. The van der Waals surface area contributed by atoms with E-state index in [1.807, 2.05) is 18.2 Å². The number of ether oxygens (including phenoxy) is 1. The van der Waals surface area contributed by atoms with Crippen LogP contribution in [0, 0.1) is 0 Å². The van der Waals surface area contributed by atoms with Crippen LogP contribution in [0.15, 0.2) is 63.9 Å². The van der Waals surface area contributed by atoms with Crippen LogP contribution < -0.4 is 10.1 Å². The van der Waals surface area contributed by atoms with Crippen molar-refractivity contribution in [1.29, 1.82) is 0 Å². The van der Waals surface area contributed by atoms with E-state index in [1.54, 1.807) is 24.3 Å². The van der Waals surface area contributed by atoms with Crippen molar-refractivity contribution in [3.05, 3.63) is 60.4 Å². The average molecular weight is 388 g/mol. The lowest BCUT2D eigenvalue weighted by atomic mass is 10.2. The van der Waals surface area contributed by atoms with Crippen LogP contribution in [-0.4, -0.2) is 45.9 Å². The van der Waals surface area contributed by atoms with Gasteiger partial charge in [-0.25, -0.2) is 12.7 Å². The third kappa shape index (κ3) is 4.29. The molecule has 3 rings (SSSR count). The molecular formula is C19H20N2O5S. The molecule has 8 heteroatoms. The minimum absolute atomic E-state index is 0.193. The molecule has 2 aromatic carbocycles. The molecule has 142 valence electrons. The molecule has 0 atom stereocenters. The number of rotatable bonds is 7. The van der Waals surface area contributed by atoms with Gasteiger partial charge in [0.15, 0.2) is 5.76 Å². The van der Waals surface area contributed by atoms with Crippen molar-refractivity contribution < 1.29 is 22.4 Å². The standard InChI is InChI=1S/C19H20N2O5S/c1-21(2)27(23,24)16-9-7-15(8-10-16)25-12-11-20-19(22)18-13-14-5-3-4-6-17(14)26-18/h3-10,13H,11-12H2,1-2H3,(H,20,22). The minimum Gasteiger partial charge on any atom is -0.492 e. The molecule has 1 N–H and O–H groups in total. The molecule has 0 aliphatic rings. The second-order valence-corrected chi connectivity index (χ2v) is 8.16. The van der Waals surface area contributed by atoms with Gasteiger partial charge in [-0.2, -0.15) is 0 Å². The summed E-state index contributed by atoms with van der Waals surface area (Å²) in [4.78, 5) is 12.3. The molecule has 0 unspecified atom stereocenters. The van der Waals surface area contributed by atoms with E-state index in [1.165, 1.54) is 26.2 Å². The van der Waals surface area contributed by atoms with Gasteiger partial charge < -0.3 is 14.5 Å². The Morgan fingerprint density at radius 1 is 1.11 bits per heavy atom. The van der Waals surface area contributed by atoms with Crippen molar-refractivity contribution in [3.8, 4) is 5.75 Å². The third-order valence-corrected chi connectivity index (χ3v) is 5.74. The lowest BCUT2D eigenvalue weighted by Crippen LogP contribution is -2.27. The molecule has 0 bridgehead atoms. The molecule has 0 saturated carbocycles. The van der Waals surface area contributed by atoms with Crippen molar-refractivity contribution in [1.82, 2.24) is 9.62 Å². The highest BCUT2D eigenvalue weighted by Gasteiger charge is 2.16. The van der Waals surface area contributed by atoms with Crippen LogP contribution in [0.4, 0.5) is 0 Å². The second-order valence-electron chi connectivity index (χ2n) is 6.01. The molecule has 27 heavy (non-hydrogen) atoms. The smallest absolute Gasteiger partial charge is 0.287 e. The highest BCUT2D eigenvalue weighted by molar-refractivity contribution is 7.89. The predicted octanol–water partition coefficient (Wildman–Crippen LogP) is 2.49. The Kier molecular flexibility index (Phi) is 5.48. The fourth-order valence-corrected chi connectivity index (χ4v) is 3.33. The fraction of sp³-hybridized carbons (Fsp3) is 0.211. The number of fused-ring (bicyclic) bond motifs is 1. The number of amides is 1. The summed E-state index contributed by atoms with van der Waals surface area (Å²) in [5.41, 5.74) is 0.659. The lowest BCUT2D eigenvalue weighted by Gasteiger charge is -2.12. The fourth-order valence-electron chi connectivity index (χ4n) is 2.43. The molecule has 0 radical (unpaired) electrons. The Morgan fingerprint density at radius 3 is 2.48 bits per heavy atom. The number of furan rings is 1. The van der Waals surface area contributed by atoms with Gasteiger partial charge in [0.2, 0.25) is 10.0 Å². The first-order chi connectivity index (χ1) is 12.9. The Balaban J connectivity index is 1.50. The number of carbonyl (C=O) groups is 1. The number of hydrogen-bond donors (Lipinski definition) is 1. The first-order valence-corrected chi connectivity index (χ1v) is 9.74. The normalized spacial score (nSPS) is 11.7. The van der Waals surface area contributed by atoms with Crippen LogP contribution in [0.1, 0.15) is 10.6 Å². The van der Waals surface area contributed by atoms with Gasteiger partial charge >= 0.3 is 0 Å². The van der Waals surface area contributed by atoms with E-state index in [0.29, 0.717) is 11.3 Å². The van der Waals surface area contributed by atoms with Crippen molar-refractivity contribution in [2.45, 2.75) is 4.90 Å². The zero-order chi connectivity index (χ0) is 19.4. The van der Waals surface area contributed by atoms with E-state index in [-0.39, 0.29) is 29.7 Å². The van der Waals surface area contributed by atoms with Gasteiger partial charge in [-0.1, -0.05) is 18.2 Å². The van der Waals surface area contributed by atoms with E-state index < -0.39 is 10.0 Å². The molecule has 0 aliphatic heterocycles. The SMILES string of the molecule is CN(C)S(=O)(=O)c1ccc(OCCNC(=O)c2cc3ccccc3o2)cc1. The maximum absolute atomic E-state index is 12.1. The zero-order valence-corrected chi connectivity index (χ0v) is 15.8. The second kappa shape index (κ2) is 7.81. The molecule has 0 fully saturated rings. The molecule has 0 spiro atoms. The first-order valence-electron chi connectivity index (χ1n) is 8.30. The highest BCUT2D eigenvalue weighted by Crippen LogP contribution is 2.19. The highest BCUT2D eigenvalue weighted by atomic mass is 32.2. The minimum atomic E-state index is -3.46. The Bertz CT molecular complexity index is 1010. The van der Waals surface area contributed by atoms with E-state index in [9.17, 15) is 13.2 Å². The summed E-state index contributed by atoms with van der Waals surface area (Å²) >= 11 is 0. The van der Waals surface area contributed by atoms with Crippen LogP contribution in [0.2, 0.25) is 0 Å². The van der Waals surface area contributed by atoms with E-state index in [0.717, 1.165) is 9.69 Å². The van der Waals surface area contributed by atoms with Gasteiger partial charge in [0.25, 0.3) is 5.91 Å². The molecule has 1 amide bonds.